The molecule has 0 saturated heterocycles. The minimum absolute atomic E-state index is 1.02. The van der Waals surface area contributed by atoms with Crippen LogP contribution in [0.25, 0.3) is 32.8 Å². The highest BCUT2D eigenvalue weighted by atomic mass is 14.7. The molecule has 1 nitrogen and oxygen atoms in total. The number of hydrogen-bond acceptors (Lipinski definition) is 1. The standard InChI is InChI=1S/C19H13N/c1-2-6-15-11-17(10-9-14(15)5-1)19-12-16-7-3-4-8-18(16)13-20-19/h1-13H. The molecule has 1 aromatic heterocycles. The highest BCUT2D eigenvalue weighted by molar-refractivity contribution is 5.89. The number of rotatable bonds is 1. The van der Waals surface area contributed by atoms with Crippen LogP contribution in [-0.2, 0) is 0 Å². The molecule has 1 heteroatoms. The van der Waals surface area contributed by atoms with Gasteiger partial charge in [-0.2, -0.15) is 0 Å². The summed E-state index contributed by atoms with van der Waals surface area (Å²) in [6, 6.07) is 25.4. The van der Waals surface area contributed by atoms with Crippen LogP contribution >= 0.6 is 0 Å². The fraction of sp³-hybridized carbons (Fsp3) is 0. The first-order valence-corrected chi connectivity index (χ1v) is 6.74. The molecular weight excluding hydrogens is 242 g/mol. The third-order valence-electron chi connectivity index (χ3n) is 3.68. The van der Waals surface area contributed by atoms with Crippen molar-refractivity contribution in [1.82, 2.24) is 4.98 Å². The Bertz CT molecular complexity index is 832. The molecule has 4 aromatic rings. The van der Waals surface area contributed by atoms with Crippen molar-refractivity contribution in [3.05, 3.63) is 79.0 Å². The molecule has 0 amide bonds. The Morgan fingerprint density at radius 3 is 2.00 bits per heavy atom. The minimum Gasteiger partial charge on any atom is -0.256 e. The largest absolute Gasteiger partial charge is 0.256 e. The third-order valence-corrected chi connectivity index (χ3v) is 3.68. The first-order chi connectivity index (χ1) is 9.90. The maximum atomic E-state index is 4.58. The summed E-state index contributed by atoms with van der Waals surface area (Å²) >= 11 is 0. The van der Waals surface area contributed by atoms with E-state index in [4.69, 9.17) is 0 Å². The molecule has 0 saturated carbocycles. The predicted octanol–water partition coefficient (Wildman–Crippen LogP) is 5.06. The van der Waals surface area contributed by atoms with E-state index in [9.17, 15) is 0 Å². The molecule has 0 N–H and O–H groups in total. The van der Waals surface area contributed by atoms with E-state index >= 15 is 0 Å². The lowest BCUT2D eigenvalue weighted by atomic mass is 10.0. The van der Waals surface area contributed by atoms with Crippen molar-refractivity contribution in [2.75, 3.05) is 0 Å². The van der Waals surface area contributed by atoms with Crippen LogP contribution < -0.4 is 0 Å². The van der Waals surface area contributed by atoms with Crippen molar-refractivity contribution < 1.29 is 0 Å². The molecule has 0 bridgehead atoms. The smallest absolute Gasteiger partial charge is 0.0708 e. The third kappa shape index (κ3) is 1.84. The lowest BCUT2D eigenvalue weighted by molar-refractivity contribution is 1.36. The number of fused-ring (bicyclic) bond motifs is 2. The number of benzene rings is 3. The topological polar surface area (TPSA) is 12.9 Å². The summed E-state index contributed by atoms with van der Waals surface area (Å²) in [6.45, 7) is 0. The fourth-order valence-electron chi connectivity index (χ4n) is 2.59. The predicted molar refractivity (Wildman–Crippen MR) is 84.7 cm³/mol. The summed E-state index contributed by atoms with van der Waals surface area (Å²) in [7, 11) is 0. The van der Waals surface area contributed by atoms with Gasteiger partial charge >= 0.3 is 0 Å². The zero-order chi connectivity index (χ0) is 13.4. The van der Waals surface area contributed by atoms with E-state index in [-0.39, 0.29) is 0 Å². The van der Waals surface area contributed by atoms with Crippen molar-refractivity contribution in [3.63, 3.8) is 0 Å². The molecule has 0 fully saturated rings. The van der Waals surface area contributed by atoms with Crippen molar-refractivity contribution in [2.24, 2.45) is 0 Å². The Morgan fingerprint density at radius 1 is 0.550 bits per heavy atom. The van der Waals surface area contributed by atoms with Crippen LogP contribution in [0.15, 0.2) is 79.0 Å². The normalized spacial score (nSPS) is 11.0. The van der Waals surface area contributed by atoms with E-state index in [1.807, 2.05) is 12.3 Å². The van der Waals surface area contributed by atoms with Gasteiger partial charge in [0.15, 0.2) is 0 Å². The fourth-order valence-corrected chi connectivity index (χ4v) is 2.59. The van der Waals surface area contributed by atoms with Crippen LogP contribution in [0.2, 0.25) is 0 Å². The van der Waals surface area contributed by atoms with Crippen LogP contribution in [0.3, 0.4) is 0 Å². The molecule has 3 aromatic carbocycles. The van der Waals surface area contributed by atoms with Gasteiger partial charge in [-0.05, 0) is 28.3 Å². The SMILES string of the molecule is c1ccc2cc(-c3cc4ccccc4cn3)ccc2c1. The molecule has 1 heterocycles. The van der Waals surface area contributed by atoms with E-state index in [2.05, 4.69) is 71.7 Å². The average Bonchev–Trinajstić information content (AvgIpc) is 2.54. The Morgan fingerprint density at radius 2 is 1.20 bits per heavy atom. The molecular formula is C19H13N. The Kier molecular flexibility index (Phi) is 2.49. The average molecular weight is 255 g/mol. The van der Waals surface area contributed by atoms with Crippen LogP contribution in [0.1, 0.15) is 0 Å². The second-order valence-corrected chi connectivity index (χ2v) is 4.98. The summed E-state index contributed by atoms with van der Waals surface area (Å²) < 4.78 is 0. The molecule has 0 aliphatic carbocycles. The summed E-state index contributed by atoms with van der Waals surface area (Å²) in [6.07, 6.45) is 1.94. The number of pyridine rings is 1. The zero-order valence-electron chi connectivity index (χ0n) is 11.0. The van der Waals surface area contributed by atoms with Crippen LogP contribution in [0.4, 0.5) is 0 Å². The first-order valence-electron chi connectivity index (χ1n) is 6.74. The van der Waals surface area contributed by atoms with Crippen molar-refractivity contribution >= 4 is 21.5 Å². The van der Waals surface area contributed by atoms with Crippen molar-refractivity contribution in [1.29, 1.82) is 0 Å². The highest BCUT2D eigenvalue weighted by Gasteiger charge is 2.02. The van der Waals surface area contributed by atoms with Crippen LogP contribution in [0.5, 0.6) is 0 Å². The molecule has 0 radical (unpaired) electrons. The molecule has 20 heavy (non-hydrogen) atoms. The number of aromatic nitrogens is 1. The second-order valence-electron chi connectivity index (χ2n) is 4.98. The number of nitrogens with zero attached hydrogens (tertiary/aromatic N) is 1. The van der Waals surface area contributed by atoms with E-state index in [0.717, 1.165) is 11.3 Å². The van der Waals surface area contributed by atoms with Gasteiger partial charge in [0.25, 0.3) is 0 Å². The lowest BCUT2D eigenvalue weighted by Gasteiger charge is -2.05. The lowest BCUT2D eigenvalue weighted by Crippen LogP contribution is -1.84. The van der Waals surface area contributed by atoms with Crippen LogP contribution in [-0.4, -0.2) is 4.98 Å². The van der Waals surface area contributed by atoms with Gasteiger partial charge in [-0.3, -0.25) is 4.98 Å². The van der Waals surface area contributed by atoms with Crippen molar-refractivity contribution in [3.8, 4) is 11.3 Å². The molecule has 0 aliphatic heterocycles. The van der Waals surface area contributed by atoms with Gasteiger partial charge in [-0.15, -0.1) is 0 Å². The quantitative estimate of drug-likeness (QED) is 0.463. The summed E-state index contributed by atoms with van der Waals surface area (Å²) in [4.78, 5) is 4.58. The molecule has 94 valence electrons. The summed E-state index contributed by atoms with van der Waals surface area (Å²) in [5, 5.41) is 4.92. The molecule has 0 atom stereocenters. The number of hydrogen-bond donors (Lipinski definition) is 0. The second kappa shape index (κ2) is 4.46. The Hall–Kier alpha value is -2.67. The monoisotopic (exact) mass is 255 g/mol. The van der Waals surface area contributed by atoms with Crippen LogP contribution in [0, 0.1) is 0 Å². The molecule has 0 unspecified atom stereocenters. The van der Waals surface area contributed by atoms with Crippen molar-refractivity contribution in [2.45, 2.75) is 0 Å². The maximum absolute atomic E-state index is 4.58. The summed E-state index contributed by atoms with van der Waals surface area (Å²) in [5.74, 6) is 0. The van der Waals surface area contributed by atoms with E-state index in [1.165, 1.54) is 21.5 Å². The van der Waals surface area contributed by atoms with E-state index in [1.54, 1.807) is 0 Å². The van der Waals surface area contributed by atoms with Gasteiger partial charge < -0.3 is 0 Å². The van der Waals surface area contributed by atoms with E-state index in [0.29, 0.717) is 0 Å². The van der Waals surface area contributed by atoms with Gasteiger partial charge in [0.1, 0.15) is 0 Å². The van der Waals surface area contributed by atoms with E-state index < -0.39 is 0 Å². The Balaban J connectivity index is 1.91. The molecule has 0 aliphatic rings. The van der Waals surface area contributed by atoms with Gasteiger partial charge in [-0.25, -0.2) is 0 Å². The maximum Gasteiger partial charge on any atom is 0.0708 e. The zero-order valence-corrected chi connectivity index (χ0v) is 11.0. The first kappa shape index (κ1) is 11.2. The molecule has 4 rings (SSSR count). The minimum atomic E-state index is 1.02. The highest BCUT2D eigenvalue weighted by Crippen LogP contribution is 2.25. The van der Waals surface area contributed by atoms with Gasteiger partial charge in [0.2, 0.25) is 0 Å². The Labute approximate surface area is 117 Å². The van der Waals surface area contributed by atoms with Gasteiger partial charge in [0, 0.05) is 17.1 Å². The summed E-state index contributed by atoms with van der Waals surface area (Å²) in [5.41, 5.74) is 2.18. The van der Waals surface area contributed by atoms with Gasteiger partial charge in [-0.1, -0.05) is 60.7 Å². The van der Waals surface area contributed by atoms with Gasteiger partial charge in [0.05, 0.1) is 5.69 Å². The molecule has 0 spiro atoms.